The molecule has 2 aromatic carbocycles. The van der Waals surface area contributed by atoms with Crippen LogP contribution in [0.4, 0.5) is 22.4 Å². The normalized spacial score (nSPS) is 20.5. The zero-order valence-corrected chi connectivity index (χ0v) is 21.9. The molecule has 2 aliphatic rings. The zero-order valence-electron chi connectivity index (χ0n) is 21.9. The minimum Gasteiger partial charge on any atom is -0.333 e. The Morgan fingerprint density at radius 1 is 1.08 bits per heavy atom. The van der Waals surface area contributed by atoms with Crippen LogP contribution in [0, 0.1) is 11.7 Å². The van der Waals surface area contributed by atoms with E-state index in [4.69, 9.17) is 0 Å². The molecule has 2 heterocycles. The highest BCUT2D eigenvalue weighted by Gasteiger charge is 2.50. The molecule has 210 valence electrons. The number of hydrogen-bond donors (Lipinski definition) is 1. The second-order valence-corrected chi connectivity index (χ2v) is 10.3. The predicted molar refractivity (Wildman–Crippen MR) is 134 cm³/mol. The number of halogens is 4. The van der Waals surface area contributed by atoms with Gasteiger partial charge in [0.05, 0.1) is 18.7 Å². The number of rotatable bonds is 6. The number of benzene rings is 2. The van der Waals surface area contributed by atoms with E-state index >= 15 is 0 Å². The molecule has 4 amide bonds. The second-order valence-electron chi connectivity index (χ2n) is 10.3. The van der Waals surface area contributed by atoms with Gasteiger partial charge in [0.1, 0.15) is 18.0 Å². The van der Waals surface area contributed by atoms with Crippen molar-refractivity contribution < 1.29 is 31.9 Å². The summed E-state index contributed by atoms with van der Waals surface area (Å²) in [5.74, 6) is -1.06. The lowest BCUT2D eigenvalue weighted by atomic mass is 9.96. The number of nitrogens with one attached hydrogen (secondary N) is 1. The zero-order chi connectivity index (χ0) is 28.5. The average Bonchev–Trinajstić information content (AvgIpc) is 2.85. The number of carbonyl (C=O) groups excluding carboxylic acids is 3. The largest absolute Gasteiger partial charge is 0.416 e. The van der Waals surface area contributed by atoms with Gasteiger partial charge in [-0.25, -0.2) is 19.2 Å². The number of likely N-dealkylation sites (N-methyl/N-ethyl adjacent to an activating group) is 1. The molecule has 12 heteroatoms. The van der Waals surface area contributed by atoms with E-state index in [9.17, 15) is 31.9 Å². The van der Waals surface area contributed by atoms with Gasteiger partial charge in [-0.1, -0.05) is 38.1 Å². The van der Waals surface area contributed by atoms with Crippen LogP contribution in [-0.2, 0) is 28.9 Å². The van der Waals surface area contributed by atoms with E-state index in [0.29, 0.717) is 12.0 Å². The van der Waals surface area contributed by atoms with E-state index in [-0.39, 0.29) is 49.5 Å². The van der Waals surface area contributed by atoms with Gasteiger partial charge in [0.15, 0.2) is 0 Å². The SMILES string of the molecule is CC(C)C[C@H]1C(=O)N(Cc2cccc(C(F)(F)F)c2)C[C@H]2N1C(=O)CN(C)N2C(=O)NCc1ccc(F)cc1. The van der Waals surface area contributed by atoms with Gasteiger partial charge in [-0.2, -0.15) is 13.2 Å². The highest BCUT2D eigenvalue weighted by Crippen LogP contribution is 2.32. The van der Waals surface area contributed by atoms with Gasteiger partial charge < -0.3 is 15.1 Å². The third kappa shape index (κ3) is 6.32. The van der Waals surface area contributed by atoms with Gasteiger partial charge in [-0.05, 0) is 47.7 Å². The summed E-state index contributed by atoms with van der Waals surface area (Å²) in [5, 5.41) is 5.61. The van der Waals surface area contributed by atoms with Gasteiger partial charge >= 0.3 is 12.2 Å². The Hall–Kier alpha value is -3.67. The summed E-state index contributed by atoms with van der Waals surface area (Å²) >= 11 is 0. The Balaban J connectivity index is 1.62. The molecular weight excluding hydrogens is 518 g/mol. The Morgan fingerprint density at radius 3 is 2.41 bits per heavy atom. The smallest absolute Gasteiger partial charge is 0.333 e. The summed E-state index contributed by atoms with van der Waals surface area (Å²) in [6, 6.07) is 9.02. The molecule has 4 rings (SSSR count). The van der Waals surface area contributed by atoms with E-state index < -0.39 is 35.8 Å². The summed E-state index contributed by atoms with van der Waals surface area (Å²) in [4.78, 5) is 43.0. The van der Waals surface area contributed by atoms with Crippen LogP contribution >= 0.6 is 0 Å². The van der Waals surface area contributed by atoms with Crippen molar-refractivity contribution >= 4 is 17.8 Å². The molecule has 2 saturated heterocycles. The third-order valence-electron chi connectivity index (χ3n) is 6.83. The molecule has 0 radical (unpaired) electrons. The van der Waals surface area contributed by atoms with Crippen LogP contribution in [0.1, 0.15) is 37.0 Å². The lowest BCUT2D eigenvalue weighted by Crippen LogP contribution is -2.75. The summed E-state index contributed by atoms with van der Waals surface area (Å²) in [7, 11) is 1.58. The first kappa shape index (κ1) is 28.3. The van der Waals surface area contributed by atoms with E-state index in [0.717, 1.165) is 12.1 Å². The molecule has 8 nitrogen and oxygen atoms in total. The molecule has 0 saturated carbocycles. The number of nitrogens with zero attached hydrogens (tertiary/aromatic N) is 4. The molecule has 0 aromatic heterocycles. The molecule has 39 heavy (non-hydrogen) atoms. The quantitative estimate of drug-likeness (QED) is 0.556. The Labute approximate surface area is 224 Å². The molecule has 2 atom stereocenters. The fourth-order valence-corrected chi connectivity index (χ4v) is 5.05. The average molecular weight is 550 g/mol. The summed E-state index contributed by atoms with van der Waals surface area (Å²) in [6.45, 7) is 3.60. The van der Waals surface area contributed by atoms with Crippen molar-refractivity contribution in [3.05, 3.63) is 71.0 Å². The van der Waals surface area contributed by atoms with Crippen molar-refractivity contribution in [1.29, 1.82) is 0 Å². The minimum absolute atomic E-state index is 0.0290. The number of carbonyl (C=O) groups is 3. The van der Waals surface area contributed by atoms with E-state index in [1.165, 1.54) is 44.1 Å². The third-order valence-corrected chi connectivity index (χ3v) is 6.83. The Kier molecular flexibility index (Phi) is 8.15. The number of urea groups is 1. The van der Waals surface area contributed by atoms with Crippen molar-refractivity contribution in [2.45, 2.75) is 51.7 Å². The van der Waals surface area contributed by atoms with Crippen molar-refractivity contribution in [2.24, 2.45) is 5.92 Å². The van der Waals surface area contributed by atoms with Crippen LogP contribution in [-0.4, -0.2) is 70.0 Å². The van der Waals surface area contributed by atoms with E-state index in [1.54, 1.807) is 19.2 Å². The van der Waals surface area contributed by atoms with Crippen LogP contribution in [0.2, 0.25) is 0 Å². The fourth-order valence-electron chi connectivity index (χ4n) is 5.05. The second kappa shape index (κ2) is 11.2. The summed E-state index contributed by atoms with van der Waals surface area (Å²) in [6.07, 6.45) is -5.07. The maximum Gasteiger partial charge on any atom is 0.416 e. The lowest BCUT2D eigenvalue weighted by molar-refractivity contribution is -0.188. The highest BCUT2D eigenvalue weighted by molar-refractivity contribution is 5.91. The van der Waals surface area contributed by atoms with Gasteiger partial charge in [-0.3, -0.25) is 9.59 Å². The fraction of sp³-hybridized carbons (Fsp3) is 0.444. The molecule has 2 fully saturated rings. The van der Waals surface area contributed by atoms with Crippen LogP contribution in [0.5, 0.6) is 0 Å². The van der Waals surface area contributed by atoms with Crippen LogP contribution in [0.25, 0.3) is 0 Å². The summed E-state index contributed by atoms with van der Waals surface area (Å²) in [5.41, 5.74) is 0.136. The van der Waals surface area contributed by atoms with Crippen molar-refractivity contribution in [1.82, 2.24) is 25.1 Å². The molecule has 2 aromatic rings. The van der Waals surface area contributed by atoms with Crippen LogP contribution in [0.3, 0.4) is 0 Å². The van der Waals surface area contributed by atoms with E-state index in [1.807, 2.05) is 13.8 Å². The molecule has 0 bridgehead atoms. The van der Waals surface area contributed by atoms with Crippen molar-refractivity contribution in [3.63, 3.8) is 0 Å². The van der Waals surface area contributed by atoms with Crippen LogP contribution in [0.15, 0.2) is 48.5 Å². The molecular formula is C27H31F4N5O3. The Morgan fingerprint density at radius 2 is 1.77 bits per heavy atom. The number of fused-ring (bicyclic) bond motifs is 1. The minimum atomic E-state index is -4.53. The Bertz CT molecular complexity index is 1220. The number of hydrazine groups is 1. The molecule has 0 unspecified atom stereocenters. The molecule has 0 aliphatic carbocycles. The summed E-state index contributed by atoms with van der Waals surface area (Å²) < 4.78 is 53.1. The number of amides is 4. The van der Waals surface area contributed by atoms with Gasteiger partial charge in [0, 0.05) is 20.1 Å². The van der Waals surface area contributed by atoms with Gasteiger partial charge in [-0.15, -0.1) is 0 Å². The maximum absolute atomic E-state index is 13.6. The molecule has 0 spiro atoms. The highest BCUT2D eigenvalue weighted by atomic mass is 19.4. The van der Waals surface area contributed by atoms with Crippen molar-refractivity contribution in [2.75, 3.05) is 20.1 Å². The number of hydrogen-bond acceptors (Lipinski definition) is 4. The molecule has 2 aliphatic heterocycles. The maximum atomic E-state index is 13.6. The number of piperazine rings is 1. The first-order chi connectivity index (χ1) is 18.3. The first-order valence-corrected chi connectivity index (χ1v) is 12.6. The predicted octanol–water partition coefficient (Wildman–Crippen LogP) is 3.83. The van der Waals surface area contributed by atoms with E-state index in [2.05, 4.69) is 5.32 Å². The van der Waals surface area contributed by atoms with Gasteiger partial charge in [0.25, 0.3) is 0 Å². The topological polar surface area (TPSA) is 76.2 Å². The number of alkyl halides is 3. The van der Waals surface area contributed by atoms with Crippen LogP contribution < -0.4 is 5.32 Å². The standard InChI is InChI=1S/C27H31F4N5O3/c1-17(2)11-22-25(38)34(14-19-5-4-6-20(12-19)27(29,30)31)15-23-35(22)24(37)16-33(3)36(23)26(39)32-13-18-7-9-21(28)10-8-18/h4-10,12,17,22-23H,11,13-16H2,1-3H3,(H,32,39)/t22-,23-/m0/s1. The molecule has 1 N–H and O–H groups in total. The van der Waals surface area contributed by atoms with Crippen molar-refractivity contribution in [3.8, 4) is 0 Å². The monoisotopic (exact) mass is 549 g/mol. The lowest BCUT2D eigenvalue weighted by Gasteiger charge is -2.54. The van der Waals surface area contributed by atoms with Gasteiger partial charge in [0.2, 0.25) is 11.8 Å². The first-order valence-electron chi connectivity index (χ1n) is 12.6.